The van der Waals surface area contributed by atoms with Crippen molar-refractivity contribution in [2.24, 2.45) is 0 Å². The first-order valence-electron chi connectivity index (χ1n) is 8.67. The number of Topliss-reactive ketones (excluding diaryl/α,β-unsaturated/α-hetero) is 1. The van der Waals surface area contributed by atoms with Crippen molar-refractivity contribution >= 4 is 58.0 Å². The lowest BCUT2D eigenvalue weighted by Crippen LogP contribution is -2.25. The topological polar surface area (TPSA) is 67.6 Å². The van der Waals surface area contributed by atoms with E-state index >= 15 is 0 Å². The number of aromatic nitrogens is 3. The Morgan fingerprint density at radius 1 is 1.21 bits per heavy atom. The third-order valence-corrected chi connectivity index (χ3v) is 6.23. The second-order valence-corrected chi connectivity index (χ2v) is 8.72. The zero-order chi connectivity index (χ0) is 20.0. The number of ketones is 1. The van der Waals surface area contributed by atoms with Crippen molar-refractivity contribution in [3.63, 3.8) is 0 Å². The molecule has 28 heavy (non-hydrogen) atoms. The molecule has 144 valence electrons. The van der Waals surface area contributed by atoms with E-state index < -0.39 is 0 Å². The molecule has 0 fully saturated rings. The molecule has 2 aromatic heterocycles. The fraction of sp³-hybridized carbons (Fsp3) is 0.263. The summed E-state index contributed by atoms with van der Waals surface area (Å²) in [6.45, 7) is 4.03. The summed E-state index contributed by atoms with van der Waals surface area (Å²) in [5.41, 5.74) is 3.02. The highest BCUT2D eigenvalue weighted by Crippen LogP contribution is 2.32. The zero-order valence-corrected chi connectivity index (χ0v) is 17.5. The number of fused-ring (bicyclic) bond motifs is 2. The van der Waals surface area contributed by atoms with Crippen LogP contribution in [-0.4, -0.2) is 38.1 Å². The van der Waals surface area contributed by atoms with Crippen LogP contribution in [0.3, 0.4) is 0 Å². The smallest absolute Gasteiger partial charge is 0.223 e. The number of benzene rings is 1. The molecule has 1 amide bonds. The van der Waals surface area contributed by atoms with Crippen LogP contribution < -0.4 is 4.90 Å². The summed E-state index contributed by atoms with van der Waals surface area (Å²) in [6, 6.07) is 7.11. The van der Waals surface area contributed by atoms with Crippen molar-refractivity contribution in [3.8, 4) is 0 Å². The molecule has 0 unspecified atom stereocenters. The summed E-state index contributed by atoms with van der Waals surface area (Å²) in [4.78, 5) is 26.4. The van der Waals surface area contributed by atoms with Gasteiger partial charge in [-0.05, 0) is 43.2 Å². The second kappa shape index (κ2) is 7.39. The molecule has 6 nitrogen and oxygen atoms in total. The lowest BCUT2D eigenvalue weighted by atomic mass is 10.0. The standard InChI is InChI=1S/C19H16Cl2N4O2S/c1-10(28-19-23-22-18-15(21)8-14(20)9-25(18)19)17(27)13-3-4-16-12(7-13)5-6-24(16)11(2)26/h3-4,7-10H,5-6H2,1-2H3/t10-/m1/s1. The minimum atomic E-state index is -0.381. The molecule has 9 heteroatoms. The van der Waals surface area contributed by atoms with Crippen LogP contribution in [0.1, 0.15) is 29.8 Å². The molecular formula is C19H16Cl2N4O2S. The Labute approximate surface area is 175 Å². The van der Waals surface area contributed by atoms with Crippen LogP contribution in [0.2, 0.25) is 10.0 Å². The average Bonchev–Trinajstić information content (AvgIpc) is 3.25. The monoisotopic (exact) mass is 434 g/mol. The molecule has 4 rings (SSSR count). The Hall–Kier alpha value is -2.09. The van der Waals surface area contributed by atoms with Crippen molar-refractivity contribution in [1.29, 1.82) is 0 Å². The lowest BCUT2D eigenvalue weighted by Gasteiger charge is -2.15. The fourth-order valence-corrected chi connectivity index (χ4v) is 4.72. The Morgan fingerprint density at radius 2 is 2.00 bits per heavy atom. The van der Waals surface area contributed by atoms with Gasteiger partial charge in [0, 0.05) is 30.9 Å². The van der Waals surface area contributed by atoms with Gasteiger partial charge in [0.05, 0.1) is 15.3 Å². The zero-order valence-electron chi connectivity index (χ0n) is 15.1. The minimum Gasteiger partial charge on any atom is -0.312 e. The molecule has 1 atom stereocenters. The molecule has 0 saturated heterocycles. The summed E-state index contributed by atoms with van der Waals surface area (Å²) in [7, 11) is 0. The molecular weight excluding hydrogens is 419 g/mol. The van der Waals surface area contributed by atoms with E-state index in [0.29, 0.717) is 33.0 Å². The van der Waals surface area contributed by atoms with E-state index in [0.717, 1.165) is 17.7 Å². The van der Waals surface area contributed by atoms with Crippen LogP contribution in [-0.2, 0) is 11.2 Å². The largest absolute Gasteiger partial charge is 0.312 e. The van der Waals surface area contributed by atoms with Gasteiger partial charge in [-0.15, -0.1) is 10.2 Å². The maximum Gasteiger partial charge on any atom is 0.223 e. The van der Waals surface area contributed by atoms with Gasteiger partial charge < -0.3 is 4.90 Å². The maximum atomic E-state index is 12.9. The second-order valence-electron chi connectivity index (χ2n) is 6.57. The number of nitrogens with zero attached hydrogens (tertiary/aromatic N) is 4. The highest BCUT2D eigenvalue weighted by atomic mass is 35.5. The Morgan fingerprint density at radius 3 is 2.75 bits per heavy atom. The van der Waals surface area contributed by atoms with E-state index in [1.54, 1.807) is 34.6 Å². The number of pyridine rings is 1. The molecule has 0 bridgehead atoms. The molecule has 1 aromatic carbocycles. The van der Waals surface area contributed by atoms with Gasteiger partial charge in [0.2, 0.25) is 5.91 Å². The van der Waals surface area contributed by atoms with E-state index in [1.807, 2.05) is 19.1 Å². The summed E-state index contributed by atoms with van der Waals surface area (Å²) < 4.78 is 1.69. The predicted octanol–water partition coefficient (Wildman–Crippen LogP) is 4.31. The molecule has 3 aromatic rings. The van der Waals surface area contributed by atoms with E-state index in [4.69, 9.17) is 23.2 Å². The number of hydrogen-bond acceptors (Lipinski definition) is 5. The fourth-order valence-electron chi connectivity index (χ4n) is 3.31. The number of rotatable bonds is 4. The van der Waals surface area contributed by atoms with Gasteiger partial charge in [-0.1, -0.05) is 35.0 Å². The Kier molecular flexibility index (Phi) is 5.07. The first kappa shape index (κ1) is 19.2. The molecule has 0 N–H and O–H groups in total. The van der Waals surface area contributed by atoms with Gasteiger partial charge >= 0.3 is 0 Å². The summed E-state index contributed by atoms with van der Waals surface area (Å²) in [6.07, 6.45) is 2.43. The maximum absolute atomic E-state index is 12.9. The molecule has 0 saturated carbocycles. The molecule has 0 spiro atoms. The quantitative estimate of drug-likeness (QED) is 0.451. The predicted molar refractivity (Wildman–Crippen MR) is 111 cm³/mol. The van der Waals surface area contributed by atoms with Gasteiger partial charge in [-0.25, -0.2) is 0 Å². The number of carbonyl (C=O) groups excluding carboxylic acids is 2. The summed E-state index contributed by atoms with van der Waals surface area (Å²) >= 11 is 13.5. The van der Waals surface area contributed by atoms with Gasteiger partial charge in [0.1, 0.15) is 0 Å². The van der Waals surface area contributed by atoms with Crippen LogP contribution >= 0.6 is 35.0 Å². The van der Waals surface area contributed by atoms with Crippen molar-refractivity contribution in [2.75, 3.05) is 11.4 Å². The SMILES string of the molecule is CC(=O)N1CCc2cc(C(=O)[C@@H](C)Sc3nnc4c(Cl)cc(Cl)cn34)ccc21. The van der Waals surface area contributed by atoms with Crippen LogP contribution in [0.25, 0.3) is 5.65 Å². The van der Waals surface area contributed by atoms with E-state index in [-0.39, 0.29) is 16.9 Å². The molecule has 0 radical (unpaired) electrons. The first-order valence-corrected chi connectivity index (χ1v) is 10.3. The van der Waals surface area contributed by atoms with E-state index in [2.05, 4.69) is 10.2 Å². The van der Waals surface area contributed by atoms with Crippen molar-refractivity contribution < 1.29 is 9.59 Å². The third-order valence-electron chi connectivity index (χ3n) is 4.69. The Bertz CT molecular complexity index is 1110. The number of amides is 1. The van der Waals surface area contributed by atoms with Gasteiger partial charge in [-0.2, -0.15) is 0 Å². The highest BCUT2D eigenvalue weighted by molar-refractivity contribution is 8.00. The molecule has 1 aliphatic rings. The third kappa shape index (κ3) is 3.38. The lowest BCUT2D eigenvalue weighted by molar-refractivity contribution is -0.116. The summed E-state index contributed by atoms with van der Waals surface area (Å²) in [5.74, 6) is -0.00305. The number of thioether (sulfide) groups is 1. The first-order chi connectivity index (χ1) is 13.3. The van der Waals surface area contributed by atoms with Crippen molar-refractivity contribution in [3.05, 3.63) is 51.6 Å². The molecule has 1 aliphatic heterocycles. The number of hydrogen-bond donors (Lipinski definition) is 0. The average molecular weight is 435 g/mol. The number of halogens is 2. The minimum absolute atomic E-state index is 0.0118. The molecule has 0 aliphatic carbocycles. The van der Waals surface area contributed by atoms with E-state index in [9.17, 15) is 9.59 Å². The van der Waals surface area contributed by atoms with Crippen molar-refractivity contribution in [2.45, 2.75) is 30.7 Å². The number of anilines is 1. The normalized spacial score (nSPS) is 14.4. The van der Waals surface area contributed by atoms with Gasteiger partial charge in [0.25, 0.3) is 0 Å². The van der Waals surface area contributed by atoms with Crippen LogP contribution in [0.4, 0.5) is 5.69 Å². The Balaban J connectivity index is 1.57. The van der Waals surface area contributed by atoms with Crippen LogP contribution in [0, 0.1) is 0 Å². The van der Waals surface area contributed by atoms with Crippen LogP contribution in [0.5, 0.6) is 0 Å². The molecule has 3 heterocycles. The van der Waals surface area contributed by atoms with Gasteiger partial charge in [-0.3, -0.25) is 14.0 Å². The highest BCUT2D eigenvalue weighted by Gasteiger charge is 2.25. The van der Waals surface area contributed by atoms with Crippen molar-refractivity contribution in [1.82, 2.24) is 14.6 Å². The number of carbonyl (C=O) groups is 2. The summed E-state index contributed by atoms with van der Waals surface area (Å²) in [5, 5.41) is 9.24. The van der Waals surface area contributed by atoms with Crippen LogP contribution in [0.15, 0.2) is 35.6 Å². The van der Waals surface area contributed by atoms with E-state index in [1.165, 1.54) is 11.8 Å². The van der Waals surface area contributed by atoms with Gasteiger partial charge in [0.15, 0.2) is 16.6 Å².